The highest BCUT2D eigenvalue weighted by Gasteiger charge is 2.31. The number of anilines is 1. The topological polar surface area (TPSA) is 63.1 Å². The van der Waals surface area contributed by atoms with Crippen molar-refractivity contribution >= 4 is 22.4 Å². The fourth-order valence-corrected chi connectivity index (χ4v) is 4.08. The van der Waals surface area contributed by atoms with Gasteiger partial charge in [0, 0.05) is 37.8 Å². The minimum Gasteiger partial charge on any atom is -0.365 e. The van der Waals surface area contributed by atoms with Crippen molar-refractivity contribution in [1.82, 2.24) is 19.4 Å². The van der Waals surface area contributed by atoms with Gasteiger partial charge in [0.05, 0.1) is 17.5 Å². The van der Waals surface area contributed by atoms with E-state index in [0.29, 0.717) is 16.5 Å². The van der Waals surface area contributed by atoms with E-state index in [1.54, 1.807) is 12.1 Å². The molecule has 0 bridgehead atoms. The van der Waals surface area contributed by atoms with Crippen molar-refractivity contribution in [3.8, 4) is 0 Å². The van der Waals surface area contributed by atoms with Gasteiger partial charge in [-0.05, 0) is 18.1 Å². The molecular formula is C25H27F6N5O. The minimum atomic E-state index is -4.31. The van der Waals surface area contributed by atoms with Crippen molar-refractivity contribution in [1.29, 1.82) is 0 Å². The third kappa shape index (κ3) is 6.48. The number of hydrogen-bond donors (Lipinski definition) is 1. The molecule has 0 saturated carbocycles. The number of nitrogens with one attached hydrogen (secondary N) is 1. The number of hydrogen-bond acceptors (Lipinski definition) is 5. The molecule has 2 aromatic heterocycles. The van der Waals surface area contributed by atoms with E-state index in [4.69, 9.17) is 0 Å². The molecule has 1 N–H and O–H groups in total. The number of fused-ring (bicyclic) bond motifs is 1. The lowest BCUT2D eigenvalue weighted by Gasteiger charge is -2.27. The lowest BCUT2D eigenvalue weighted by molar-refractivity contribution is -0.144. The predicted molar refractivity (Wildman–Crippen MR) is 130 cm³/mol. The molecule has 0 spiro atoms. The van der Waals surface area contributed by atoms with Gasteiger partial charge in [-0.15, -0.1) is 0 Å². The van der Waals surface area contributed by atoms with E-state index in [-0.39, 0.29) is 48.6 Å². The molecule has 0 saturated heterocycles. The number of benzene rings is 1. The largest absolute Gasteiger partial charge is 0.401 e. The molecule has 0 unspecified atom stereocenters. The fraction of sp³-hybridized carbons (Fsp3) is 0.400. The predicted octanol–water partition coefficient (Wildman–Crippen LogP) is 5.69. The molecule has 0 atom stereocenters. The molecule has 3 heterocycles. The summed E-state index contributed by atoms with van der Waals surface area (Å²) >= 11 is 0. The number of alkyl halides is 5. The van der Waals surface area contributed by atoms with Crippen molar-refractivity contribution in [3.63, 3.8) is 0 Å². The first kappa shape index (κ1) is 28.2. The van der Waals surface area contributed by atoms with E-state index in [0.717, 1.165) is 6.07 Å². The Morgan fingerprint density at radius 1 is 1.16 bits per heavy atom. The van der Waals surface area contributed by atoms with E-state index >= 15 is 0 Å². The van der Waals surface area contributed by atoms with Crippen LogP contribution in [0.2, 0.25) is 0 Å². The highest BCUT2D eigenvalue weighted by molar-refractivity contribution is 5.89. The van der Waals surface area contributed by atoms with Crippen molar-refractivity contribution in [2.24, 2.45) is 7.05 Å². The molecule has 4 rings (SSSR count). The molecule has 0 fully saturated rings. The Bertz CT molecular complexity index is 1340. The molecule has 0 radical (unpaired) electrons. The summed E-state index contributed by atoms with van der Waals surface area (Å²) in [6, 6.07) is 5.27. The van der Waals surface area contributed by atoms with Crippen LogP contribution in [0.25, 0.3) is 16.6 Å². The summed E-state index contributed by atoms with van der Waals surface area (Å²) in [7, 11) is 1.51. The zero-order valence-electron chi connectivity index (χ0n) is 20.5. The van der Waals surface area contributed by atoms with Crippen molar-refractivity contribution in [3.05, 3.63) is 69.5 Å². The van der Waals surface area contributed by atoms with E-state index in [1.807, 2.05) is 13.8 Å². The molecule has 1 aliphatic heterocycles. The van der Waals surface area contributed by atoms with E-state index in [9.17, 15) is 31.1 Å². The van der Waals surface area contributed by atoms with Crippen LogP contribution in [0.4, 0.5) is 32.2 Å². The third-order valence-electron chi connectivity index (χ3n) is 5.84. The second-order valence-corrected chi connectivity index (χ2v) is 8.19. The molecule has 1 aliphatic rings. The summed E-state index contributed by atoms with van der Waals surface area (Å²) in [6.45, 7) is 3.01. The lowest BCUT2D eigenvalue weighted by atomic mass is 9.99. The van der Waals surface area contributed by atoms with Crippen LogP contribution >= 0.6 is 0 Å². The Labute approximate surface area is 209 Å². The summed E-state index contributed by atoms with van der Waals surface area (Å²) in [6.07, 6.45) is -4.21. The third-order valence-corrected chi connectivity index (χ3v) is 5.84. The number of pyridine rings is 1. The first-order chi connectivity index (χ1) is 17.5. The lowest BCUT2D eigenvalue weighted by Crippen LogP contribution is -2.37. The van der Waals surface area contributed by atoms with Crippen LogP contribution in [0.5, 0.6) is 0 Å². The Morgan fingerprint density at radius 2 is 1.89 bits per heavy atom. The minimum absolute atomic E-state index is 0.0133. The monoisotopic (exact) mass is 527 g/mol. The van der Waals surface area contributed by atoms with Gasteiger partial charge in [0.1, 0.15) is 23.6 Å². The fourth-order valence-electron chi connectivity index (χ4n) is 4.08. The summed E-state index contributed by atoms with van der Waals surface area (Å²) in [5, 5.41) is 3.34. The van der Waals surface area contributed by atoms with Gasteiger partial charge in [-0.2, -0.15) is 13.2 Å². The zero-order chi connectivity index (χ0) is 27.3. The average Bonchev–Trinajstić information content (AvgIpc) is 2.86. The highest BCUT2D eigenvalue weighted by Crippen LogP contribution is 2.28. The number of halogens is 6. The maximum Gasteiger partial charge on any atom is 0.401 e. The van der Waals surface area contributed by atoms with Gasteiger partial charge in [-0.3, -0.25) is 14.3 Å². The van der Waals surface area contributed by atoms with E-state index in [1.165, 1.54) is 35.0 Å². The smallest absolute Gasteiger partial charge is 0.365 e. The zero-order valence-corrected chi connectivity index (χ0v) is 20.5. The van der Waals surface area contributed by atoms with Gasteiger partial charge in [0.25, 0.3) is 12.0 Å². The second kappa shape index (κ2) is 11.8. The summed E-state index contributed by atoms with van der Waals surface area (Å²) < 4.78 is 79.8. The number of aromatic nitrogens is 3. The standard InChI is InChI=1S/C23H21F6N5O.C2H6/c1-33-21-17(9-16(22(33)35)13-5-7-34(8-6-13)11-23(27,28)29)20(31-12-32-21)30-10-14-3-2-4-15(18(14)24)19(25)26;1-2/h2-5,9,12,19H,6-8,10-11H2,1H3,(H,30,31,32);1-2H3. The molecule has 12 heteroatoms. The average molecular weight is 528 g/mol. The Balaban J connectivity index is 0.00000186. The van der Waals surface area contributed by atoms with Crippen LogP contribution in [-0.4, -0.2) is 45.2 Å². The van der Waals surface area contributed by atoms with Gasteiger partial charge in [-0.25, -0.2) is 23.1 Å². The van der Waals surface area contributed by atoms with Gasteiger partial charge < -0.3 is 5.32 Å². The van der Waals surface area contributed by atoms with Gasteiger partial charge in [0.2, 0.25) is 0 Å². The normalized spacial score (nSPS) is 14.4. The van der Waals surface area contributed by atoms with Crippen LogP contribution in [0.15, 0.2) is 41.5 Å². The van der Waals surface area contributed by atoms with E-state index in [2.05, 4.69) is 15.3 Å². The molecule has 3 aromatic rings. The molecular weight excluding hydrogens is 500 g/mol. The Hall–Kier alpha value is -3.41. The number of nitrogens with zero attached hydrogens (tertiary/aromatic N) is 4. The first-order valence-corrected chi connectivity index (χ1v) is 11.7. The van der Waals surface area contributed by atoms with Gasteiger partial charge in [-0.1, -0.05) is 38.1 Å². The van der Waals surface area contributed by atoms with Crippen LogP contribution in [-0.2, 0) is 13.6 Å². The van der Waals surface area contributed by atoms with Crippen LogP contribution in [0.3, 0.4) is 0 Å². The maximum atomic E-state index is 14.4. The molecule has 0 amide bonds. The highest BCUT2D eigenvalue weighted by atomic mass is 19.4. The first-order valence-electron chi connectivity index (χ1n) is 11.7. The summed E-state index contributed by atoms with van der Waals surface area (Å²) in [5.41, 5.74) is 0.137. The van der Waals surface area contributed by atoms with Gasteiger partial charge >= 0.3 is 6.18 Å². The van der Waals surface area contributed by atoms with Crippen molar-refractivity contribution in [2.75, 3.05) is 25.0 Å². The summed E-state index contributed by atoms with van der Waals surface area (Å²) in [5.74, 6) is -0.763. The van der Waals surface area contributed by atoms with E-state index < -0.39 is 30.5 Å². The van der Waals surface area contributed by atoms with Gasteiger partial charge in [0.15, 0.2) is 0 Å². The van der Waals surface area contributed by atoms with Crippen LogP contribution in [0, 0.1) is 5.82 Å². The van der Waals surface area contributed by atoms with Crippen LogP contribution in [0.1, 0.15) is 43.4 Å². The molecule has 6 nitrogen and oxygen atoms in total. The number of aryl methyl sites for hydroxylation is 1. The molecule has 0 aliphatic carbocycles. The van der Waals surface area contributed by atoms with Crippen LogP contribution < -0.4 is 10.9 Å². The van der Waals surface area contributed by atoms with Crippen molar-refractivity contribution in [2.45, 2.75) is 39.4 Å². The van der Waals surface area contributed by atoms with Crippen molar-refractivity contribution < 1.29 is 26.3 Å². The second-order valence-electron chi connectivity index (χ2n) is 8.19. The Morgan fingerprint density at radius 3 is 2.51 bits per heavy atom. The number of rotatable bonds is 6. The quantitative estimate of drug-likeness (QED) is 0.417. The Kier molecular flexibility index (Phi) is 8.95. The molecule has 200 valence electrons. The SMILES string of the molecule is CC.Cn1c(=O)c(C2=CCN(CC(F)(F)F)CC2)cc2c(NCc3cccc(C(F)F)c3F)ncnc21. The summed E-state index contributed by atoms with van der Waals surface area (Å²) in [4.78, 5) is 22.5. The molecule has 37 heavy (non-hydrogen) atoms. The molecule has 1 aromatic carbocycles. The maximum absolute atomic E-state index is 14.4.